The average Bonchev–Trinajstić information content (AvgIpc) is 2.40. The number of carbonyl (C=O) groups excluding carboxylic acids is 2. The van der Waals surface area contributed by atoms with Crippen LogP contribution in [-0.2, 0) is 9.59 Å². The number of rotatable bonds is 2. The largest absolute Gasteiger partial charge is 0.300 e. The topological polar surface area (TPSA) is 34.1 Å². The molecular formula is C15H26O2S2. The fourth-order valence-electron chi connectivity index (χ4n) is 2.22. The molecule has 0 amide bonds. The van der Waals surface area contributed by atoms with Crippen molar-refractivity contribution >= 4 is 35.1 Å². The van der Waals surface area contributed by atoms with Crippen molar-refractivity contribution in [2.24, 2.45) is 11.8 Å². The molecular weight excluding hydrogens is 276 g/mol. The lowest BCUT2D eigenvalue weighted by atomic mass is 9.94. The molecule has 4 heteroatoms. The molecule has 1 aliphatic heterocycles. The van der Waals surface area contributed by atoms with E-state index in [0.717, 1.165) is 30.1 Å². The van der Waals surface area contributed by atoms with E-state index in [1.807, 2.05) is 23.5 Å². The molecule has 0 N–H and O–H groups in total. The van der Waals surface area contributed by atoms with Crippen LogP contribution in [0.5, 0.6) is 0 Å². The zero-order valence-electron chi connectivity index (χ0n) is 12.2. The zero-order chi connectivity index (χ0) is 14.1. The van der Waals surface area contributed by atoms with E-state index in [9.17, 15) is 9.59 Å². The van der Waals surface area contributed by atoms with Gasteiger partial charge in [-0.15, -0.1) is 0 Å². The van der Waals surface area contributed by atoms with Crippen LogP contribution < -0.4 is 0 Å². The predicted molar refractivity (Wildman–Crippen MR) is 86.1 cm³/mol. The normalized spacial score (nSPS) is 28.0. The summed E-state index contributed by atoms with van der Waals surface area (Å²) >= 11 is 3.80. The number of ketones is 2. The van der Waals surface area contributed by atoms with Crippen molar-refractivity contribution < 1.29 is 9.59 Å². The summed E-state index contributed by atoms with van der Waals surface area (Å²) in [4.78, 5) is 23.8. The van der Waals surface area contributed by atoms with E-state index in [0.29, 0.717) is 12.2 Å². The predicted octanol–water partition coefficient (Wildman–Crippen LogP) is 3.83. The first-order valence-corrected chi connectivity index (χ1v) is 9.64. The summed E-state index contributed by atoms with van der Waals surface area (Å²) in [5.41, 5.74) is 0. The van der Waals surface area contributed by atoms with Gasteiger partial charge in [-0.2, -0.15) is 23.5 Å². The first-order chi connectivity index (χ1) is 9.15. The molecule has 0 radical (unpaired) electrons. The van der Waals surface area contributed by atoms with Crippen molar-refractivity contribution in [2.75, 3.05) is 23.0 Å². The van der Waals surface area contributed by atoms with Gasteiger partial charge in [-0.1, -0.05) is 6.92 Å². The van der Waals surface area contributed by atoms with Gasteiger partial charge in [-0.25, -0.2) is 0 Å². The Kier molecular flexibility index (Phi) is 8.88. The molecule has 19 heavy (non-hydrogen) atoms. The minimum atomic E-state index is 0.0832. The Balaban J connectivity index is 2.57. The van der Waals surface area contributed by atoms with Crippen molar-refractivity contribution in [3.63, 3.8) is 0 Å². The molecule has 0 bridgehead atoms. The maximum Gasteiger partial charge on any atom is 0.136 e. The van der Waals surface area contributed by atoms with Crippen LogP contribution in [0.3, 0.4) is 0 Å². The molecule has 1 heterocycles. The number of hydrogen-bond acceptors (Lipinski definition) is 4. The third-order valence-electron chi connectivity index (χ3n) is 3.73. The molecule has 0 aromatic heterocycles. The molecule has 2 nitrogen and oxygen atoms in total. The van der Waals surface area contributed by atoms with E-state index in [2.05, 4.69) is 6.92 Å². The SMILES string of the molecule is CC[C@H]1CSCCCCSC[C@@H](C(C)=O)CCC1=O. The molecule has 0 saturated carbocycles. The van der Waals surface area contributed by atoms with Gasteiger partial charge in [0, 0.05) is 29.8 Å². The summed E-state index contributed by atoms with van der Waals surface area (Å²) < 4.78 is 0. The van der Waals surface area contributed by atoms with Crippen molar-refractivity contribution in [2.45, 2.75) is 46.0 Å². The highest BCUT2D eigenvalue weighted by Gasteiger charge is 2.21. The first kappa shape index (κ1) is 17.1. The highest BCUT2D eigenvalue weighted by molar-refractivity contribution is 7.99. The zero-order valence-corrected chi connectivity index (χ0v) is 13.8. The third-order valence-corrected chi connectivity index (χ3v) is 6.16. The average molecular weight is 303 g/mol. The Morgan fingerprint density at radius 2 is 1.84 bits per heavy atom. The molecule has 0 aromatic carbocycles. The van der Waals surface area contributed by atoms with Gasteiger partial charge in [-0.05, 0) is 44.1 Å². The highest BCUT2D eigenvalue weighted by atomic mass is 32.2. The van der Waals surface area contributed by atoms with Crippen LogP contribution in [0.1, 0.15) is 46.0 Å². The molecule has 1 fully saturated rings. The molecule has 0 unspecified atom stereocenters. The van der Waals surface area contributed by atoms with Gasteiger partial charge < -0.3 is 0 Å². The van der Waals surface area contributed by atoms with Crippen molar-refractivity contribution in [3.8, 4) is 0 Å². The maximum absolute atomic E-state index is 12.2. The summed E-state index contributed by atoms with van der Waals surface area (Å²) in [6.07, 6.45) is 4.73. The molecule has 1 aliphatic rings. The van der Waals surface area contributed by atoms with E-state index in [-0.39, 0.29) is 17.6 Å². The maximum atomic E-state index is 12.2. The lowest BCUT2D eigenvalue weighted by molar-refractivity contribution is -0.123. The Hall–Kier alpha value is 0.0400. The standard InChI is InChI=1S/C15H26O2S2/c1-3-13-10-18-8-4-5-9-19-11-14(12(2)16)6-7-15(13)17/h13-14H,3-11H2,1-2H3/t13-,14-/m0/s1. The molecule has 1 saturated heterocycles. The van der Waals surface area contributed by atoms with Gasteiger partial charge in [0.2, 0.25) is 0 Å². The minimum absolute atomic E-state index is 0.0832. The molecule has 1 rings (SSSR count). The Labute approximate surface area is 125 Å². The van der Waals surface area contributed by atoms with E-state index in [1.54, 1.807) is 6.92 Å². The van der Waals surface area contributed by atoms with Gasteiger partial charge in [0.05, 0.1) is 0 Å². The second-order valence-corrected chi connectivity index (χ2v) is 7.57. The lowest BCUT2D eigenvalue weighted by Gasteiger charge is -2.15. The van der Waals surface area contributed by atoms with E-state index in [1.165, 1.54) is 18.6 Å². The van der Waals surface area contributed by atoms with Crippen LogP contribution in [0.25, 0.3) is 0 Å². The van der Waals surface area contributed by atoms with E-state index >= 15 is 0 Å². The summed E-state index contributed by atoms with van der Waals surface area (Å²) in [5, 5.41) is 0. The van der Waals surface area contributed by atoms with Crippen LogP contribution in [0.2, 0.25) is 0 Å². The second-order valence-electron chi connectivity index (χ2n) is 5.27. The Morgan fingerprint density at radius 3 is 2.42 bits per heavy atom. The second kappa shape index (κ2) is 9.87. The van der Waals surface area contributed by atoms with Crippen LogP contribution in [0.4, 0.5) is 0 Å². The smallest absolute Gasteiger partial charge is 0.136 e. The summed E-state index contributed by atoms with van der Waals surface area (Å²) in [5.74, 6) is 5.07. The van der Waals surface area contributed by atoms with Crippen molar-refractivity contribution in [3.05, 3.63) is 0 Å². The van der Waals surface area contributed by atoms with Gasteiger partial charge in [-0.3, -0.25) is 9.59 Å². The Morgan fingerprint density at radius 1 is 1.21 bits per heavy atom. The fourth-order valence-corrected chi connectivity index (χ4v) is 4.76. The third kappa shape index (κ3) is 6.84. The molecule has 2 atom stereocenters. The lowest BCUT2D eigenvalue weighted by Crippen LogP contribution is -2.20. The van der Waals surface area contributed by atoms with Crippen LogP contribution >= 0.6 is 23.5 Å². The van der Waals surface area contributed by atoms with Gasteiger partial charge in [0.1, 0.15) is 11.6 Å². The van der Waals surface area contributed by atoms with E-state index < -0.39 is 0 Å². The Bertz CT molecular complexity index is 292. The van der Waals surface area contributed by atoms with Crippen molar-refractivity contribution in [1.29, 1.82) is 0 Å². The first-order valence-electron chi connectivity index (χ1n) is 7.33. The van der Waals surface area contributed by atoms with Gasteiger partial charge >= 0.3 is 0 Å². The van der Waals surface area contributed by atoms with E-state index in [4.69, 9.17) is 0 Å². The minimum Gasteiger partial charge on any atom is -0.300 e. The highest BCUT2D eigenvalue weighted by Crippen LogP contribution is 2.22. The number of hydrogen-bond donors (Lipinski definition) is 0. The monoisotopic (exact) mass is 302 g/mol. The summed E-state index contributed by atoms with van der Waals surface area (Å²) in [7, 11) is 0. The molecule has 0 spiro atoms. The molecule has 110 valence electrons. The number of carbonyl (C=O) groups is 2. The fraction of sp³-hybridized carbons (Fsp3) is 0.867. The van der Waals surface area contributed by atoms with Crippen LogP contribution in [-0.4, -0.2) is 34.6 Å². The van der Waals surface area contributed by atoms with Gasteiger partial charge in [0.25, 0.3) is 0 Å². The molecule has 0 aromatic rings. The van der Waals surface area contributed by atoms with Crippen LogP contribution in [0.15, 0.2) is 0 Å². The summed E-state index contributed by atoms with van der Waals surface area (Å²) in [6.45, 7) is 3.76. The number of Topliss-reactive ketones (excluding diaryl/α,β-unsaturated/α-hetero) is 2. The summed E-state index contributed by atoms with van der Waals surface area (Å²) in [6, 6.07) is 0. The molecule has 0 aliphatic carbocycles. The quantitative estimate of drug-likeness (QED) is 0.776. The van der Waals surface area contributed by atoms with Crippen LogP contribution in [0, 0.1) is 11.8 Å². The number of thioether (sulfide) groups is 2. The van der Waals surface area contributed by atoms with Gasteiger partial charge in [0.15, 0.2) is 0 Å². The van der Waals surface area contributed by atoms with Crippen molar-refractivity contribution in [1.82, 2.24) is 0 Å².